The summed E-state index contributed by atoms with van der Waals surface area (Å²) in [4.78, 5) is 27.0. The van der Waals surface area contributed by atoms with Crippen molar-refractivity contribution < 1.29 is 4.79 Å². The Morgan fingerprint density at radius 3 is 2.56 bits per heavy atom. The summed E-state index contributed by atoms with van der Waals surface area (Å²) in [5.41, 5.74) is 2.80. The third kappa shape index (κ3) is 4.08. The highest BCUT2D eigenvalue weighted by Gasteiger charge is 2.34. The Labute approximate surface area is 189 Å². The highest BCUT2D eigenvalue weighted by molar-refractivity contribution is 5.91. The fourth-order valence-electron chi connectivity index (χ4n) is 4.58. The average Bonchev–Trinajstić information content (AvgIpc) is 3.60. The molecule has 2 aliphatic rings. The molecule has 1 saturated heterocycles. The first-order valence-corrected chi connectivity index (χ1v) is 11.9. The summed E-state index contributed by atoms with van der Waals surface area (Å²) in [6.07, 6.45) is 3.89. The predicted molar refractivity (Wildman–Crippen MR) is 126 cm³/mol. The Balaban J connectivity index is 1.55. The van der Waals surface area contributed by atoms with Gasteiger partial charge in [0.1, 0.15) is 11.6 Å². The molecule has 7 nitrogen and oxygen atoms in total. The van der Waals surface area contributed by atoms with E-state index in [1.165, 1.54) is 0 Å². The van der Waals surface area contributed by atoms with Crippen LogP contribution in [0.5, 0.6) is 0 Å². The third-order valence-electron chi connectivity index (χ3n) is 6.35. The number of fused-ring (bicyclic) bond motifs is 1. The maximum Gasteiger partial charge on any atom is 0.225 e. The first-order chi connectivity index (χ1) is 15.5. The summed E-state index contributed by atoms with van der Waals surface area (Å²) in [6, 6.07) is 10.2. The van der Waals surface area contributed by atoms with E-state index in [-0.39, 0.29) is 5.92 Å². The first-order valence-electron chi connectivity index (χ1n) is 11.9. The highest BCUT2D eigenvalue weighted by atomic mass is 16.2. The molecule has 1 aliphatic heterocycles. The molecule has 1 aliphatic carbocycles. The summed E-state index contributed by atoms with van der Waals surface area (Å²) in [7, 11) is 0. The number of amides is 1. The van der Waals surface area contributed by atoms with Gasteiger partial charge in [0, 0.05) is 38.5 Å². The summed E-state index contributed by atoms with van der Waals surface area (Å²) in [5, 5.41) is 5.87. The van der Waals surface area contributed by atoms with Gasteiger partial charge in [-0.05, 0) is 44.2 Å². The number of hydrogen-bond donors (Lipinski definition) is 0. The van der Waals surface area contributed by atoms with Gasteiger partial charge in [-0.1, -0.05) is 32.0 Å². The summed E-state index contributed by atoms with van der Waals surface area (Å²) >= 11 is 0. The molecule has 32 heavy (non-hydrogen) atoms. The summed E-state index contributed by atoms with van der Waals surface area (Å²) in [5.74, 6) is 2.90. The lowest BCUT2D eigenvalue weighted by molar-refractivity contribution is -0.132. The van der Waals surface area contributed by atoms with Gasteiger partial charge in [-0.3, -0.25) is 4.79 Å². The monoisotopic (exact) mass is 432 g/mol. The van der Waals surface area contributed by atoms with Crippen LogP contribution < -0.4 is 4.90 Å². The number of hydrogen-bond acceptors (Lipinski definition) is 5. The highest BCUT2D eigenvalue weighted by Crippen LogP contribution is 2.33. The van der Waals surface area contributed by atoms with E-state index in [0.29, 0.717) is 11.8 Å². The Morgan fingerprint density at radius 1 is 1.06 bits per heavy atom. The van der Waals surface area contributed by atoms with Crippen LogP contribution in [0.3, 0.4) is 0 Å². The van der Waals surface area contributed by atoms with Gasteiger partial charge in [0.25, 0.3) is 0 Å². The standard InChI is InChI=1S/C25H32N6O/c1-17(2)16-21-26-23(29-12-7-13-30(15-14-29)25(32)19-10-11-19)22-18(3)28-31(24(22)27-21)20-8-5-4-6-9-20/h4-6,8-9,17,19H,7,10-16H2,1-3H3. The average molecular weight is 433 g/mol. The van der Waals surface area contributed by atoms with Crippen LogP contribution in [-0.2, 0) is 11.2 Å². The molecule has 0 radical (unpaired) electrons. The maximum absolute atomic E-state index is 12.6. The van der Waals surface area contributed by atoms with Crippen molar-refractivity contribution in [3.8, 4) is 5.69 Å². The lowest BCUT2D eigenvalue weighted by Gasteiger charge is -2.24. The van der Waals surface area contributed by atoms with Crippen molar-refractivity contribution in [1.29, 1.82) is 0 Å². The van der Waals surface area contributed by atoms with Gasteiger partial charge in [-0.25, -0.2) is 14.6 Å². The topological polar surface area (TPSA) is 67.2 Å². The van der Waals surface area contributed by atoms with Crippen LogP contribution in [0, 0.1) is 18.8 Å². The first kappa shape index (κ1) is 20.9. The number of aromatic nitrogens is 4. The van der Waals surface area contributed by atoms with Gasteiger partial charge in [-0.2, -0.15) is 5.10 Å². The van der Waals surface area contributed by atoms with E-state index < -0.39 is 0 Å². The number of nitrogens with zero attached hydrogens (tertiary/aromatic N) is 6. The zero-order valence-corrected chi connectivity index (χ0v) is 19.3. The number of aryl methyl sites for hydroxylation is 1. The number of benzene rings is 1. The predicted octanol–water partition coefficient (Wildman–Crippen LogP) is 3.77. The van der Waals surface area contributed by atoms with Crippen molar-refractivity contribution in [3.05, 3.63) is 41.9 Å². The van der Waals surface area contributed by atoms with Crippen LogP contribution in [-0.4, -0.2) is 56.7 Å². The van der Waals surface area contributed by atoms with Crippen molar-refractivity contribution >= 4 is 22.8 Å². The van der Waals surface area contributed by atoms with Gasteiger partial charge in [0.05, 0.1) is 16.8 Å². The minimum absolute atomic E-state index is 0.274. The molecule has 2 aromatic heterocycles. The van der Waals surface area contributed by atoms with Crippen LogP contribution in [0.25, 0.3) is 16.7 Å². The number of para-hydroxylation sites is 1. The molecular weight excluding hydrogens is 400 g/mol. The van der Waals surface area contributed by atoms with Crippen molar-refractivity contribution in [2.75, 3.05) is 31.1 Å². The van der Waals surface area contributed by atoms with Crippen molar-refractivity contribution in [3.63, 3.8) is 0 Å². The van der Waals surface area contributed by atoms with Crippen LogP contribution in [0.2, 0.25) is 0 Å². The molecule has 0 bridgehead atoms. The lowest BCUT2D eigenvalue weighted by atomic mass is 10.1. The molecule has 5 rings (SSSR count). The fraction of sp³-hybridized carbons (Fsp3) is 0.520. The van der Waals surface area contributed by atoms with Gasteiger partial charge in [0.15, 0.2) is 5.65 Å². The molecule has 1 saturated carbocycles. The van der Waals surface area contributed by atoms with Crippen LogP contribution in [0.4, 0.5) is 5.82 Å². The van der Waals surface area contributed by atoms with E-state index in [1.54, 1.807) is 0 Å². The molecular formula is C25H32N6O. The number of anilines is 1. The smallest absolute Gasteiger partial charge is 0.225 e. The van der Waals surface area contributed by atoms with Crippen molar-refractivity contribution in [2.45, 2.75) is 46.5 Å². The lowest BCUT2D eigenvalue weighted by Crippen LogP contribution is -2.36. The van der Waals surface area contributed by atoms with Gasteiger partial charge >= 0.3 is 0 Å². The van der Waals surface area contributed by atoms with E-state index in [0.717, 1.165) is 85.9 Å². The van der Waals surface area contributed by atoms with Crippen molar-refractivity contribution in [2.24, 2.45) is 11.8 Å². The van der Waals surface area contributed by atoms with E-state index >= 15 is 0 Å². The van der Waals surface area contributed by atoms with Gasteiger partial charge in [0.2, 0.25) is 5.91 Å². The second-order valence-corrected chi connectivity index (χ2v) is 9.53. The molecule has 1 amide bonds. The molecule has 1 aromatic carbocycles. The minimum atomic E-state index is 0.274. The van der Waals surface area contributed by atoms with E-state index in [1.807, 2.05) is 29.8 Å². The summed E-state index contributed by atoms with van der Waals surface area (Å²) in [6.45, 7) is 9.70. The Kier molecular flexibility index (Phi) is 5.57. The molecule has 3 heterocycles. The minimum Gasteiger partial charge on any atom is -0.354 e. The van der Waals surface area contributed by atoms with E-state index in [4.69, 9.17) is 15.1 Å². The zero-order valence-electron chi connectivity index (χ0n) is 19.3. The number of carbonyl (C=O) groups excluding carboxylic acids is 1. The molecule has 0 unspecified atom stereocenters. The molecule has 0 spiro atoms. The largest absolute Gasteiger partial charge is 0.354 e. The number of carbonyl (C=O) groups is 1. The second-order valence-electron chi connectivity index (χ2n) is 9.53. The number of rotatable bonds is 5. The Hall–Kier alpha value is -2.96. The normalized spacial score (nSPS) is 17.2. The van der Waals surface area contributed by atoms with Crippen LogP contribution >= 0.6 is 0 Å². The van der Waals surface area contributed by atoms with Crippen molar-refractivity contribution in [1.82, 2.24) is 24.6 Å². The molecule has 0 N–H and O–H groups in total. The Bertz CT molecular complexity index is 1120. The van der Waals surface area contributed by atoms with Gasteiger partial charge < -0.3 is 9.80 Å². The van der Waals surface area contributed by atoms with Gasteiger partial charge in [-0.15, -0.1) is 0 Å². The quantitative estimate of drug-likeness (QED) is 0.614. The maximum atomic E-state index is 12.6. The summed E-state index contributed by atoms with van der Waals surface area (Å²) < 4.78 is 1.94. The van der Waals surface area contributed by atoms with E-state index in [9.17, 15) is 4.79 Å². The van der Waals surface area contributed by atoms with Crippen LogP contribution in [0.1, 0.15) is 44.6 Å². The molecule has 0 atom stereocenters. The molecule has 2 fully saturated rings. The molecule has 3 aromatic rings. The van der Waals surface area contributed by atoms with Crippen LogP contribution in [0.15, 0.2) is 30.3 Å². The molecule has 168 valence electrons. The zero-order chi connectivity index (χ0) is 22.2. The Morgan fingerprint density at radius 2 is 1.84 bits per heavy atom. The molecule has 7 heteroatoms. The van der Waals surface area contributed by atoms with E-state index in [2.05, 4.69) is 35.8 Å². The SMILES string of the molecule is Cc1nn(-c2ccccc2)c2nc(CC(C)C)nc(N3CCCN(C(=O)C4CC4)CC3)c12. The fourth-order valence-corrected chi connectivity index (χ4v) is 4.58. The second kappa shape index (κ2) is 8.52. The third-order valence-corrected chi connectivity index (χ3v) is 6.35.